The summed E-state index contributed by atoms with van der Waals surface area (Å²) in [6, 6.07) is 0. The smallest absolute Gasteiger partial charge is 0.251 e. The molecule has 0 radical (unpaired) electrons. The van der Waals surface area contributed by atoms with E-state index < -0.39 is 0 Å². The number of nitrogen functional groups attached to an aromatic ring is 1. The van der Waals surface area contributed by atoms with Gasteiger partial charge < -0.3 is 16.0 Å². The van der Waals surface area contributed by atoms with E-state index in [4.69, 9.17) is 17.3 Å². The van der Waals surface area contributed by atoms with Gasteiger partial charge in [0.05, 0.1) is 12.2 Å². The molecule has 3 N–H and O–H groups in total. The van der Waals surface area contributed by atoms with Crippen LogP contribution < -0.4 is 11.1 Å². The van der Waals surface area contributed by atoms with E-state index in [0.29, 0.717) is 30.1 Å². The molecule has 136 valence electrons. The van der Waals surface area contributed by atoms with Crippen LogP contribution in [0, 0.1) is 0 Å². The molecule has 2 heterocycles. The van der Waals surface area contributed by atoms with Gasteiger partial charge in [-0.25, -0.2) is 4.98 Å². The Hall–Kier alpha value is -2.08. The Labute approximate surface area is 154 Å². The van der Waals surface area contributed by atoms with Crippen molar-refractivity contribution >= 4 is 29.3 Å². The molecule has 2 rings (SSSR count). The molecule has 6 nitrogen and oxygen atoms in total. The lowest BCUT2D eigenvalue weighted by Gasteiger charge is -2.29. The van der Waals surface area contributed by atoms with E-state index in [2.05, 4.69) is 22.2 Å². The molecule has 0 unspecified atom stereocenters. The third-order valence-electron chi connectivity index (χ3n) is 4.18. The maximum Gasteiger partial charge on any atom is 0.251 e. The summed E-state index contributed by atoms with van der Waals surface area (Å²) in [6.45, 7) is 7.63. The lowest BCUT2D eigenvalue weighted by atomic mass is 10.0. The van der Waals surface area contributed by atoms with Crippen LogP contribution in [0.1, 0.15) is 44.9 Å². The number of hydrogen-bond acceptors (Lipinski definition) is 5. The van der Waals surface area contributed by atoms with E-state index in [-0.39, 0.29) is 11.9 Å². The monoisotopic (exact) mass is 363 g/mol. The number of nitrogens with two attached hydrogens (primary N) is 1. The Morgan fingerprint density at radius 3 is 2.88 bits per heavy atom. The third-order valence-corrected chi connectivity index (χ3v) is 4.59. The number of carbonyl (C=O) groups is 1. The highest BCUT2D eigenvalue weighted by Crippen LogP contribution is 2.26. The van der Waals surface area contributed by atoms with Crippen LogP contribution in [0.15, 0.2) is 22.8 Å². The third kappa shape index (κ3) is 4.72. The van der Waals surface area contributed by atoms with Crippen LogP contribution in [-0.2, 0) is 17.8 Å². The Morgan fingerprint density at radius 2 is 2.20 bits per heavy atom. The Balaban J connectivity index is 2.21. The zero-order valence-electron chi connectivity index (χ0n) is 15.1. The molecule has 25 heavy (non-hydrogen) atoms. The van der Waals surface area contributed by atoms with Gasteiger partial charge in [-0.2, -0.15) is 4.98 Å². The first-order valence-electron chi connectivity index (χ1n) is 8.65. The minimum absolute atomic E-state index is 0.0774. The number of anilines is 2. The molecule has 0 aliphatic carbocycles. The molecule has 0 saturated carbocycles. The van der Waals surface area contributed by atoms with E-state index >= 15 is 0 Å². The number of halogens is 1. The zero-order chi connectivity index (χ0) is 18.4. The van der Waals surface area contributed by atoms with Crippen molar-refractivity contribution < 1.29 is 4.79 Å². The van der Waals surface area contributed by atoms with Crippen molar-refractivity contribution in [3.8, 4) is 0 Å². The van der Waals surface area contributed by atoms with Crippen molar-refractivity contribution in [2.24, 2.45) is 0 Å². The summed E-state index contributed by atoms with van der Waals surface area (Å²) in [4.78, 5) is 23.1. The van der Waals surface area contributed by atoms with Crippen LogP contribution >= 0.6 is 11.6 Å². The van der Waals surface area contributed by atoms with Crippen LogP contribution in [0.2, 0.25) is 0 Å². The van der Waals surface area contributed by atoms with Crippen molar-refractivity contribution in [1.29, 1.82) is 0 Å². The Kier molecular flexibility index (Phi) is 6.82. The topological polar surface area (TPSA) is 84.1 Å². The molecule has 0 saturated heterocycles. The first-order chi connectivity index (χ1) is 12.0. The van der Waals surface area contributed by atoms with E-state index in [1.54, 1.807) is 17.9 Å². The maximum atomic E-state index is 12.7. The van der Waals surface area contributed by atoms with Crippen molar-refractivity contribution in [2.75, 3.05) is 24.1 Å². The standard InChI is InChI=1S/C18H26ClN5O/c1-4-6-9-21-16-13-8-10-24(11-15(13)22-18(20)23-16)17(25)12(3)14(19)7-5-2/h5,7H,4,6,8-11H2,1-3H3,(H3,20,21,22,23)/b7-5-,14-12-. The van der Waals surface area contributed by atoms with E-state index in [0.717, 1.165) is 36.5 Å². The van der Waals surface area contributed by atoms with Crippen LogP contribution in [0.3, 0.4) is 0 Å². The second-order valence-corrected chi connectivity index (χ2v) is 6.49. The van der Waals surface area contributed by atoms with E-state index in [1.807, 2.05) is 13.0 Å². The molecule has 7 heteroatoms. The quantitative estimate of drug-likeness (QED) is 0.460. The number of nitrogens with zero attached hydrogens (tertiary/aromatic N) is 3. The average molecular weight is 364 g/mol. The van der Waals surface area contributed by atoms with Crippen LogP contribution in [-0.4, -0.2) is 33.9 Å². The average Bonchev–Trinajstić information content (AvgIpc) is 2.60. The van der Waals surface area contributed by atoms with Gasteiger partial charge in [-0.3, -0.25) is 4.79 Å². The summed E-state index contributed by atoms with van der Waals surface area (Å²) in [5, 5.41) is 3.80. The van der Waals surface area contributed by atoms with Crippen LogP contribution in [0.25, 0.3) is 0 Å². The van der Waals surface area contributed by atoms with Gasteiger partial charge in [0.25, 0.3) is 5.91 Å². The number of carbonyl (C=O) groups excluding carboxylic acids is 1. The van der Waals surface area contributed by atoms with Crippen molar-refractivity contribution in [2.45, 2.75) is 46.6 Å². The molecule has 1 aliphatic heterocycles. The SMILES string of the molecule is C/C=C\C(Cl)=C(/C)C(=O)N1CCc2c(nc(N)nc2NCCCC)C1. The molecule has 0 aromatic carbocycles. The Bertz CT molecular complexity index is 699. The number of unbranched alkanes of at least 4 members (excludes halogenated alkanes) is 1. The summed E-state index contributed by atoms with van der Waals surface area (Å²) < 4.78 is 0. The van der Waals surface area contributed by atoms with Gasteiger partial charge in [0.2, 0.25) is 5.95 Å². The fourth-order valence-corrected chi connectivity index (χ4v) is 2.97. The van der Waals surface area contributed by atoms with Gasteiger partial charge >= 0.3 is 0 Å². The molecule has 0 spiro atoms. The normalized spacial score (nSPS) is 15.1. The number of allylic oxidation sites excluding steroid dienone is 3. The summed E-state index contributed by atoms with van der Waals surface area (Å²) in [6.07, 6.45) is 6.41. The minimum Gasteiger partial charge on any atom is -0.370 e. The van der Waals surface area contributed by atoms with Gasteiger partial charge in [0.1, 0.15) is 5.82 Å². The summed E-state index contributed by atoms with van der Waals surface area (Å²) in [5.41, 5.74) is 8.24. The first kappa shape index (κ1) is 19.2. The predicted octanol–water partition coefficient (Wildman–Crippen LogP) is 3.24. The number of amides is 1. The lowest BCUT2D eigenvalue weighted by Crippen LogP contribution is -2.37. The predicted molar refractivity (Wildman–Crippen MR) is 102 cm³/mol. The molecular formula is C18H26ClN5O. The fraction of sp³-hybridized carbons (Fsp3) is 0.500. The largest absolute Gasteiger partial charge is 0.370 e. The number of aromatic nitrogens is 2. The molecule has 0 bridgehead atoms. The summed E-state index contributed by atoms with van der Waals surface area (Å²) in [5.74, 6) is 0.944. The van der Waals surface area contributed by atoms with E-state index in [9.17, 15) is 4.79 Å². The second kappa shape index (κ2) is 8.85. The number of nitrogens with one attached hydrogen (secondary N) is 1. The van der Waals surface area contributed by atoms with Gasteiger partial charge in [-0.05, 0) is 32.8 Å². The fourth-order valence-electron chi connectivity index (χ4n) is 2.76. The van der Waals surface area contributed by atoms with Crippen molar-refractivity contribution in [3.05, 3.63) is 34.0 Å². The lowest BCUT2D eigenvalue weighted by molar-refractivity contribution is -0.128. The highest BCUT2D eigenvalue weighted by atomic mass is 35.5. The van der Waals surface area contributed by atoms with Gasteiger partial charge in [-0.15, -0.1) is 0 Å². The molecule has 1 aromatic rings. The zero-order valence-corrected chi connectivity index (χ0v) is 15.9. The minimum atomic E-state index is -0.0774. The molecule has 1 aromatic heterocycles. The molecule has 1 aliphatic rings. The maximum absolute atomic E-state index is 12.7. The Morgan fingerprint density at radius 1 is 1.44 bits per heavy atom. The molecular weight excluding hydrogens is 338 g/mol. The number of fused-ring (bicyclic) bond motifs is 1. The van der Waals surface area contributed by atoms with Crippen LogP contribution in [0.4, 0.5) is 11.8 Å². The van der Waals surface area contributed by atoms with Gasteiger partial charge in [0.15, 0.2) is 0 Å². The molecule has 0 fully saturated rings. The highest BCUT2D eigenvalue weighted by Gasteiger charge is 2.26. The van der Waals surface area contributed by atoms with Crippen molar-refractivity contribution in [1.82, 2.24) is 14.9 Å². The first-order valence-corrected chi connectivity index (χ1v) is 9.03. The van der Waals surface area contributed by atoms with Crippen LogP contribution in [0.5, 0.6) is 0 Å². The van der Waals surface area contributed by atoms with Gasteiger partial charge in [-0.1, -0.05) is 31.0 Å². The highest BCUT2D eigenvalue weighted by molar-refractivity contribution is 6.33. The summed E-state index contributed by atoms with van der Waals surface area (Å²) >= 11 is 6.16. The number of rotatable bonds is 6. The summed E-state index contributed by atoms with van der Waals surface area (Å²) in [7, 11) is 0. The van der Waals surface area contributed by atoms with Gasteiger partial charge in [0, 0.05) is 29.3 Å². The van der Waals surface area contributed by atoms with Crippen molar-refractivity contribution in [3.63, 3.8) is 0 Å². The number of hydrogen-bond donors (Lipinski definition) is 2. The second-order valence-electron chi connectivity index (χ2n) is 6.09. The molecule has 0 atom stereocenters. The van der Waals surface area contributed by atoms with E-state index in [1.165, 1.54) is 0 Å². The molecule has 1 amide bonds.